The molecule has 0 fully saturated rings. The molecule has 0 atom stereocenters. The monoisotopic (exact) mass is 261 g/mol. The number of benzene rings is 1. The first kappa shape index (κ1) is 13.6. The van der Waals surface area contributed by atoms with Crippen LogP contribution in [0.3, 0.4) is 0 Å². The molecule has 0 radical (unpaired) electrons. The first-order valence-corrected chi connectivity index (χ1v) is 6.43. The number of aliphatic hydroxyl groups is 1. The molecular weight excluding hydrogens is 242 g/mol. The third-order valence-corrected chi connectivity index (χ3v) is 3.36. The van der Waals surface area contributed by atoms with Crippen molar-refractivity contribution >= 4 is 12.0 Å². The summed E-state index contributed by atoms with van der Waals surface area (Å²) in [5.41, 5.74) is 3.80. The molecule has 0 aliphatic carbocycles. The Hall–Kier alpha value is -1.81. The number of nitrogens with one attached hydrogen (secondary N) is 1. The molecule has 1 aromatic carbocycles. The van der Waals surface area contributed by atoms with Gasteiger partial charge < -0.3 is 15.2 Å². The van der Waals surface area contributed by atoms with Crippen LogP contribution in [0.15, 0.2) is 17.9 Å². The van der Waals surface area contributed by atoms with Crippen LogP contribution in [0.5, 0.6) is 0 Å². The SMILES string of the molecule is COC1=Cc2cc(C)c(CCCO)cc2C(=O)NC1. The Morgan fingerprint density at radius 3 is 2.89 bits per heavy atom. The van der Waals surface area contributed by atoms with Crippen LogP contribution in [-0.2, 0) is 11.2 Å². The zero-order chi connectivity index (χ0) is 13.8. The molecule has 2 N–H and O–H groups in total. The number of amides is 1. The minimum absolute atomic E-state index is 0.0800. The number of hydrogen-bond acceptors (Lipinski definition) is 3. The predicted molar refractivity (Wildman–Crippen MR) is 73.9 cm³/mol. The van der Waals surface area contributed by atoms with Gasteiger partial charge in [-0.3, -0.25) is 4.79 Å². The van der Waals surface area contributed by atoms with E-state index in [0.717, 1.165) is 28.9 Å². The van der Waals surface area contributed by atoms with Gasteiger partial charge in [-0.15, -0.1) is 0 Å². The lowest BCUT2D eigenvalue weighted by Crippen LogP contribution is -2.24. The number of carbonyl (C=O) groups excluding carboxylic acids is 1. The summed E-state index contributed by atoms with van der Waals surface area (Å²) in [5.74, 6) is 0.665. The van der Waals surface area contributed by atoms with Crippen LogP contribution in [0.4, 0.5) is 0 Å². The van der Waals surface area contributed by atoms with E-state index in [-0.39, 0.29) is 12.5 Å². The molecule has 0 spiro atoms. The van der Waals surface area contributed by atoms with Gasteiger partial charge >= 0.3 is 0 Å². The van der Waals surface area contributed by atoms with E-state index in [2.05, 4.69) is 5.32 Å². The first-order chi connectivity index (χ1) is 9.15. The number of aryl methyl sites for hydroxylation is 2. The van der Waals surface area contributed by atoms with E-state index >= 15 is 0 Å². The molecule has 19 heavy (non-hydrogen) atoms. The summed E-state index contributed by atoms with van der Waals surface area (Å²) >= 11 is 0. The van der Waals surface area contributed by atoms with Crippen molar-refractivity contribution in [1.29, 1.82) is 0 Å². The van der Waals surface area contributed by atoms with Crippen molar-refractivity contribution in [3.63, 3.8) is 0 Å². The van der Waals surface area contributed by atoms with E-state index < -0.39 is 0 Å². The molecule has 1 amide bonds. The van der Waals surface area contributed by atoms with E-state index in [9.17, 15) is 4.79 Å². The number of ether oxygens (including phenoxy) is 1. The van der Waals surface area contributed by atoms with Crippen molar-refractivity contribution < 1.29 is 14.6 Å². The Morgan fingerprint density at radius 2 is 2.21 bits per heavy atom. The van der Waals surface area contributed by atoms with Gasteiger partial charge in [0.15, 0.2) is 0 Å². The maximum Gasteiger partial charge on any atom is 0.252 e. The number of fused-ring (bicyclic) bond motifs is 1. The van der Waals surface area contributed by atoms with Crippen molar-refractivity contribution in [2.45, 2.75) is 19.8 Å². The molecule has 0 saturated heterocycles. The average Bonchev–Trinajstić information content (AvgIpc) is 2.56. The molecule has 1 aromatic rings. The Morgan fingerprint density at radius 1 is 1.42 bits per heavy atom. The minimum atomic E-state index is -0.0800. The predicted octanol–water partition coefficient (Wildman–Crippen LogP) is 1.65. The molecule has 0 unspecified atom stereocenters. The third-order valence-electron chi connectivity index (χ3n) is 3.36. The molecule has 4 heteroatoms. The van der Waals surface area contributed by atoms with Crippen LogP contribution in [0.1, 0.15) is 33.5 Å². The second-order valence-corrected chi connectivity index (χ2v) is 4.69. The second kappa shape index (κ2) is 5.89. The van der Waals surface area contributed by atoms with Crippen molar-refractivity contribution in [2.24, 2.45) is 0 Å². The van der Waals surface area contributed by atoms with Gasteiger partial charge in [-0.1, -0.05) is 6.07 Å². The molecular formula is C15H19NO3. The summed E-state index contributed by atoms with van der Waals surface area (Å²) < 4.78 is 5.22. The molecule has 102 valence electrons. The van der Waals surface area contributed by atoms with Gasteiger partial charge in [0.25, 0.3) is 5.91 Å². The number of aliphatic hydroxyl groups excluding tert-OH is 1. The Balaban J connectivity index is 2.43. The zero-order valence-corrected chi connectivity index (χ0v) is 11.3. The summed E-state index contributed by atoms with van der Waals surface area (Å²) in [6, 6.07) is 3.93. The van der Waals surface area contributed by atoms with Gasteiger partial charge in [0.05, 0.1) is 13.7 Å². The Labute approximate surface area is 113 Å². The highest BCUT2D eigenvalue weighted by molar-refractivity contribution is 5.99. The molecule has 1 aliphatic rings. The molecule has 4 nitrogen and oxygen atoms in total. The highest BCUT2D eigenvalue weighted by Gasteiger charge is 2.17. The maximum atomic E-state index is 12.1. The largest absolute Gasteiger partial charge is 0.499 e. The van der Waals surface area contributed by atoms with Crippen LogP contribution in [0, 0.1) is 6.92 Å². The van der Waals surface area contributed by atoms with Gasteiger partial charge in [-0.25, -0.2) is 0 Å². The number of rotatable bonds is 4. The lowest BCUT2D eigenvalue weighted by molar-refractivity contribution is 0.0952. The van der Waals surface area contributed by atoms with Gasteiger partial charge in [0.2, 0.25) is 0 Å². The summed E-state index contributed by atoms with van der Waals surface area (Å²) in [4.78, 5) is 12.1. The van der Waals surface area contributed by atoms with E-state index in [1.54, 1.807) is 7.11 Å². The normalized spacial score (nSPS) is 14.3. The lowest BCUT2D eigenvalue weighted by atomic mass is 9.96. The fraction of sp³-hybridized carbons (Fsp3) is 0.400. The van der Waals surface area contributed by atoms with Crippen molar-refractivity contribution in [2.75, 3.05) is 20.3 Å². The Kier molecular flexibility index (Phi) is 4.22. The minimum Gasteiger partial charge on any atom is -0.499 e. The van der Waals surface area contributed by atoms with Crippen LogP contribution >= 0.6 is 0 Å². The molecule has 2 rings (SSSR count). The average molecular weight is 261 g/mol. The van der Waals surface area contributed by atoms with Gasteiger partial charge in [0.1, 0.15) is 5.76 Å². The smallest absolute Gasteiger partial charge is 0.252 e. The van der Waals surface area contributed by atoms with Gasteiger partial charge in [0, 0.05) is 12.2 Å². The summed E-state index contributed by atoms with van der Waals surface area (Å²) in [7, 11) is 1.60. The van der Waals surface area contributed by atoms with Gasteiger partial charge in [-0.2, -0.15) is 0 Å². The fourth-order valence-electron chi connectivity index (χ4n) is 2.25. The molecule has 1 heterocycles. The fourth-order valence-corrected chi connectivity index (χ4v) is 2.25. The van der Waals surface area contributed by atoms with E-state index in [0.29, 0.717) is 18.5 Å². The van der Waals surface area contributed by atoms with E-state index in [4.69, 9.17) is 9.84 Å². The van der Waals surface area contributed by atoms with Crippen LogP contribution in [0.2, 0.25) is 0 Å². The van der Waals surface area contributed by atoms with Crippen molar-refractivity contribution in [3.8, 4) is 0 Å². The second-order valence-electron chi connectivity index (χ2n) is 4.69. The molecule has 0 aromatic heterocycles. The van der Waals surface area contributed by atoms with E-state index in [1.807, 2.05) is 25.1 Å². The van der Waals surface area contributed by atoms with Crippen molar-refractivity contribution in [1.82, 2.24) is 5.32 Å². The van der Waals surface area contributed by atoms with Crippen LogP contribution < -0.4 is 5.32 Å². The topological polar surface area (TPSA) is 58.6 Å². The maximum absolute atomic E-state index is 12.1. The number of hydrogen-bond donors (Lipinski definition) is 2. The Bertz CT molecular complexity index is 520. The summed E-state index contributed by atoms with van der Waals surface area (Å²) in [6.45, 7) is 2.60. The highest BCUT2D eigenvalue weighted by atomic mass is 16.5. The third kappa shape index (κ3) is 2.96. The van der Waals surface area contributed by atoms with Crippen LogP contribution in [-0.4, -0.2) is 31.3 Å². The summed E-state index contributed by atoms with van der Waals surface area (Å²) in [5, 5.41) is 11.7. The first-order valence-electron chi connectivity index (χ1n) is 6.43. The number of methoxy groups -OCH3 is 1. The lowest BCUT2D eigenvalue weighted by Gasteiger charge is -2.10. The summed E-state index contributed by atoms with van der Waals surface area (Å²) in [6.07, 6.45) is 3.39. The van der Waals surface area contributed by atoms with Crippen molar-refractivity contribution in [3.05, 3.63) is 40.1 Å². The van der Waals surface area contributed by atoms with Gasteiger partial charge in [-0.05, 0) is 48.6 Å². The van der Waals surface area contributed by atoms with E-state index in [1.165, 1.54) is 0 Å². The highest BCUT2D eigenvalue weighted by Crippen LogP contribution is 2.22. The quantitative estimate of drug-likeness (QED) is 0.866. The zero-order valence-electron chi connectivity index (χ0n) is 11.3. The molecule has 0 saturated carbocycles. The molecule has 0 bridgehead atoms. The standard InChI is InChI=1S/C15H19NO3/c1-10-6-12-7-13(19-2)9-16-15(18)14(12)8-11(10)4-3-5-17/h6-8,17H,3-5,9H2,1-2H3,(H,16,18). The van der Waals surface area contributed by atoms with Crippen LogP contribution in [0.25, 0.3) is 6.08 Å². The number of carbonyl (C=O) groups is 1. The molecule has 1 aliphatic heterocycles.